The van der Waals surface area contributed by atoms with Crippen LogP contribution in [0.3, 0.4) is 0 Å². The average molecular weight is 206 g/mol. The van der Waals surface area contributed by atoms with E-state index in [1.807, 2.05) is 39.2 Å². The smallest absolute Gasteiger partial charge is 0.213 e. The van der Waals surface area contributed by atoms with E-state index in [2.05, 4.69) is 11.0 Å². The van der Waals surface area contributed by atoms with Crippen molar-refractivity contribution in [3.63, 3.8) is 0 Å². The van der Waals surface area contributed by atoms with E-state index in [4.69, 9.17) is 10.1 Å². The maximum atomic E-state index is 7.67. The summed E-state index contributed by atoms with van der Waals surface area (Å²) in [5.74, 6) is 0.248. The van der Waals surface area contributed by atoms with Gasteiger partial charge in [0.1, 0.15) is 0 Å². The third-order valence-electron chi connectivity index (χ3n) is 1.98. The van der Waals surface area contributed by atoms with Crippen LogP contribution < -0.4 is 0 Å². The monoisotopic (exact) mass is 206 g/mol. The van der Waals surface area contributed by atoms with Gasteiger partial charge in [0, 0.05) is 12.1 Å². The Labute approximate surface area is 91.2 Å². The van der Waals surface area contributed by atoms with Gasteiger partial charge in [0.25, 0.3) is 0 Å². The summed E-state index contributed by atoms with van der Waals surface area (Å²) in [5, 5.41) is 7.67. The van der Waals surface area contributed by atoms with E-state index in [0.717, 1.165) is 12.1 Å². The predicted molar refractivity (Wildman–Crippen MR) is 62.3 cm³/mol. The largest absolute Gasteiger partial charge is 0.478 e. The zero-order valence-corrected chi connectivity index (χ0v) is 9.58. The second-order valence-electron chi connectivity index (χ2n) is 3.70. The fraction of sp³-hybridized carbons (Fsp3) is 0.417. The summed E-state index contributed by atoms with van der Waals surface area (Å²) < 4.78 is 5.16. The van der Waals surface area contributed by atoms with Crippen molar-refractivity contribution in [1.29, 1.82) is 5.41 Å². The van der Waals surface area contributed by atoms with Crippen LogP contribution in [0.15, 0.2) is 24.3 Å². The molecule has 0 amide bonds. The Bertz CT molecular complexity index is 334. The van der Waals surface area contributed by atoms with E-state index in [9.17, 15) is 0 Å². The van der Waals surface area contributed by atoms with Crippen molar-refractivity contribution >= 4 is 5.90 Å². The van der Waals surface area contributed by atoms with E-state index < -0.39 is 0 Å². The fourth-order valence-corrected chi connectivity index (χ4v) is 1.40. The third kappa shape index (κ3) is 3.72. The quantitative estimate of drug-likeness (QED) is 0.605. The molecule has 0 atom stereocenters. The van der Waals surface area contributed by atoms with Crippen LogP contribution in [-0.2, 0) is 11.3 Å². The number of rotatable bonds is 4. The van der Waals surface area contributed by atoms with E-state index in [0.29, 0.717) is 6.61 Å². The standard InChI is InChI=1S/C12H18N2O/c1-4-15-12(13)11-7-5-6-10(8-11)9-14(2)3/h5-8,13H,4,9H2,1-3H3. The lowest BCUT2D eigenvalue weighted by molar-refractivity contribution is 0.325. The van der Waals surface area contributed by atoms with Crippen molar-refractivity contribution in [3.05, 3.63) is 35.4 Å². The van der Waals surface area contributed by atoms with Crippen LogP contribution in [0.5, 0.6) is 0 Å². The van der Waals surface area contributed by atoms with Crippen molar-refractivity contribution in [2.75, 3.05) is 20.7 Å². The number of nitrogens with one attached hydrogen (secondary N) is 1. The molecule has 1 rings (SSSR count). The first-order valence-electron chi connectivity index (χ1n) is 5.09. The summed E-state index contributed by atoms with van der Waals surface area (Å²) in [4.78, 5) is 2.10. The number of benzene rings is 1. The van der Waals surface area contributed by atoms with Crippen LogP contribution in [0.1, 0.15) is 18.1 Å². The van der Waals surface area contributed by atoms with E-state index in [1.54, 1.807) is 0 Å². The molecule has 3 heteroatoms. The van der Waals surface area contributed by atoms with Gasteiger partial charge in [-0.2, -0.15) is 0 Å². The van der Waals surface area contributed by atoms with Crippen molar-refractivity contribution < 1.29 is 4.74 Å². The highest BCUT2D eigenvalue weighted by molar-refractivity contribution is 5.91. The Balaban J connectivity index is 2.78. The molecular formula is C12H18N2O. The normalized spacial score (nSPS) is 10.4. The van der Waals surface area contributed by atoms with Gasteiger partial charge in [-0.3, -0.25) is 5.41 Å². The van der Waals surface area contributed by atoms with Crippen LogP contribution in [0.4, 0.5) is 0 Å². The molecule has 0 saturated carbocycles. The summed E-state index contributed by atoms with van der Waals surface area (Å²) in [6, 6.07) is 7.92. The maximum Gasteiger partial charge on any atom is 0.213 e. The van der Waals surface area contributed by atoms with E-state index >= 15 is 0 Å². The molecule has 0 aliphatic rings. The first kappa shape index (κ1) is 11.7. The molecule has 0 aromatic heterocycles. The lowest BCUT2D eigenvalue weighted by atomic mass is 10.1. The van der Waals surface area contributed by atoms with Gasteiger partial charge in [-0.25, -0.2) is 0 Å². The van der Waals surface area contributed by atoms with Crippen molar-refractivity contribution in [3.8, 4) is 0 Å². The number of ether oxygens (including phenoxy) is 1. The molecule has 0 aliphatic heterocycles. The number of nitrogens with zero attached hydrogens (tertiary/aromatic N) is 1. The molecule has 0 spiro atoms. The van der Waals surface area contributed by atoms with Gasteiger partial charge < -0.3 is 9.64 Å². The molecule has 0 aliphatic carbocycles. The lowest BCUT2D eigenvalue weighted by Crippen LogP contribution is -2.11. The second-order valence-corrected chi connectivity index (χ2v) is 3.70. The Kier molecular flexibility index (Phi) is 4.31. The molecular weight excluding hydrogens is 188 g/mol. The van der Waals surface area contributed by atoms with Gasteiger partial charge in [0.05, 0.1) is 6.61 Å². The third-order valence-corrected chi connectivity index (χ3v) is 1.98. The molecule has 1 aromatic carbocycles. The first-order valence-corrected chi connectivity index (χ1v) is 5.09. The Morgan fingerprint density at radius 2 is 2.13 bits per heavy atom. The van der Waals surface area contributed by atoms with E-state index in [1.165, 1.54) is 5.56 Å². The van der Waals surface area contributed by atoms with Gasteiger partial charge in [0.2, 0.25) is 5.90 Å². The highest BCUT2D eigenvalue weighted by Crippen LogP contribution is 2.08. The minimum absolute atomic E-state index is 0.248. The second kappa shape index (κ2) is 5.51. The molecule has 0 unspecified atom stereocenters. The van der Waals surface area contributed by atoms with Crippen molar-refractivity contribution in [2.45, 2.75) is 13.5 Å². The van der Waals surface area contributed by atoms with Crippen LogP contribution in [0, 0.1) is 5.41 Å². The van der Waals surface area contributed by atoms with Crippen LogP contribution in [0.25, 0.3) is 0 Å². The molecule has 0 saturated heterocycles. The molecule has 82 valence electrons. The van der Waals surface area contributed by atoms with Crippen LogP contribution in [0.2, 0.25) is 0 Å². The summed E-state index contributed by atoms with van der Waals surface area (Å²) in [5.41, 5.74) is 2.04. The summed E-state index contributed by atoms with van der Waals surface area (Å²) in [7, 11) is 4.06. The van der Waals surface area contributed by atoms with Gasteiger partial charge in [-0.15, -0.1) is 0 Å². The molecule has 1 N–H and O–H groups in total. The molecule has 0 heterocycles. The van der Waals surface area contributed by atoms with Crippen molar-refractivity contribution in [2.24, 2.45) is 0 Å². The average Bonchev–Trinajstić information content (AvgIpc) is 2.17. The Morgan fingerprint density at radius 1 is 1.40 bits per heavy atom. The van der Waals surface area contributed by atoms with Gasteiger partial charge in [-0.05, 0) is 38.7 Å². The Morgan fingerprint density at radius 3 is 2.73 bits per heavy atom. The minimum Gasteiger partial charge on any atom is -0.478 e. The Hall–Kier alpha value is -1.35. The summed E-state index contributed by atoms with van der Waals surface area (Å²) in [6.07, 6.45) is 0. The molecule has 0 bridgehead atoms. The SMILES string of the molecule is CCOC(=N)c1cccc(CN(C)C)c1. The van der Waals surface area contributed by atoms with Crippen LogP contribution in [-0.4, -0.2) is 31.5 Å². The first-order chi connectivity index (χ1) is 7.13. The zero-order chi connectivity index (χ0) is 11.3. The molecule has 0 radical (unpaired) electrons. The molecule has 1 aromatic rings. The number of hydrogen-bond acceptors (Lipinski definition) is 3. The van der Waals surface area contributed by atoms with Gasteiger partial charge >= 0.3 is 0 Å². The van der Waals surface area contributed by atoms with E-state index in [-0.39, 0.29) is 5.90 Å². The molecule has 15 heavy (non-hydrogen) atoms. The molecule has 0 fully saturated rings. The van der Waals surface area contributed by atoms with Gasteiger partial charge in [-0.1, -0.05) is 12.1 Å². The summed E-state index contributed by atoms with van der Waals surface area (Å²) >= 11 is 0. The lowest BCUT2D eigenvalue weighted by Gasteiger charge is -2.11. The maximum absolute atomic E-state index is 7.67. The summed E-state index contributed by atoms with van der Waals surface area (Å²) in [6.45, 7) is 3.31. The highest BCUT2D eigenvalue weighted by Gasteiger charge is 2.03. The van der Waals surface area contributed by atoms with Crippen molar-refractivity contribution in [1.82, 2.24) is 4.90 Å². The highest BCUT2D eigenvalue weighted by atomic mass is 16.5. The topological polar surface area (TPSA) is 36.3 Å². The number of hydrogen-bond donors (Lipinski definition) is 1. The zero-order valence-electron chi connectivity index (χ0n) is 9.58. The van der Waals surface area contributed by atoms with Crippen LogP contribution >= 0.6 is 0 Å². The fourth-order valence-electron chi connectivity index (χ4n) is 1.40. The van der Waals surface area contributed by atoms with Gasteiger partial charge in [0.15, 0.2) is 0 Å². The molecule has 3 nitrogen and oxygen atoms in total. The minimum atomic E-state index is 0.248. The predicted octanol–water partition coefficient (Wildman–Crippen LogP) is 2.11.